The van der Waals surface area contributed by atoms with Crippen molar-refractivity contribution in [2.45, 2.75) is 11.6 Å². The summed E-state index contributed by atoms with van der Waals surface area (Å²) < 4.78 is 68.3. The van der Waals surface area contributed by atoms with E-state index in [1.165, 1.54) is 24.3 Å². The van der Waals surface area contributed by atoms with Crippen LogP contribution in [0.2, 0.25) is 0 Å². The highest BCUT2D eigenvalue weighted by molar-refractivity contribution is 7.80. The molecule has 0 amide bonds. The van der Waals surface area contributed by atoms with E-state index in [2.05, 4.69) is 5.32 Å². The summed E-state index contributed by atoms with van der Waals surface area (Å²) in [5.41, 5.74) is 4.15. The predicted octanol–water partition coefficient (Wildman–Crippen LogP) is 5.15. The van der Waals surface area contributed by atoms with Crippen molar-refractivity contribution in [2.75, 3.05) is 6.54 Å². The molecule has 156 valence electrons. The summed E-state index contributed by atoms with van der Waals surface area (Å²) in [5.74, 6) is -1.56. The van der Waals surface area contributed by atoms with E-state index in [4.69, 9.17) is 18.0 Å². The average molecular weight is 436 g/mol. The number of thiocarbonyl (C=S) groups is 1. The van der Waals surface area contributed by atoms with Gasteiger partial charge in [0.2, 0.25) is 0 Å². The molecule has 8 heteroatoms. The Hall–Kier alpha value is -3.00. The van der Waals surface area contributed by atoms with Crippen LogP contribution in [0.15, 0.2) is 72.8 Å². The van der Waals surface area contributed by atoms with Crippen LogP contribution in [-0.4, -0.2) is 11.7 Å². The van der Waals surface area contributed by atoms with Crippen LogP contribution in [0, 0.1) is 11.6 Å². The van der Waals surface area contributed by atoms with Gasteiger partial charge in [-0.05, 0) is 59.2 Å². The van der Waals surface area contributed by atoms with Crippen LogP contribution in [-0.2, 0) is 11.6 Å². The van der Waals surface area contributed by atoms with Crippen LogP contribution in [0.1, 0.15) is 22.3 Å². The van der Waals surface area contributed by atoms with Gasteiger partial charge in [-0.15, -0.1) is 0 Å². The molecule has 0 heterocycles. The Morgan fingerprint density at radius 3 is 1.90 bits per heavy atom. The number of hydrogen-bond acceptors (Lipinski definition) is 1. The van der Waals surface area contributed by atoms with Crippen molar-refractivity contribution in [3.8, 4) is 0 Å². The van der Waals surface area contributed by atoms with Crippen molar-refractivity contribution in [3.05, 3.63) is 107 Å². The highest BCUT2D eigenvalue weighted by atomic mass is 32.1. The van der Waals surface area contributed by atoms with Crippen LogP contribution in [0.4, 0.5) is 22.0 Å². The maximum atomic E-state index is 14.4. The molecule has 0 radical (unpaired) electrons. The van der Waals surface area contributed by atoms with E-state index in [9.17, 15) is 22.0 Å². The molecular formula is C22H17F5N2S. The van der Waals surface area contributed by atoms with E-state index in [1.54, 1.807) is 30.3 Å². The standard InChI is InChI=1S/C22H17F5N2S/c23-18-8-6-15(7-9-18)21(13-29-20(28)30,14-4-2-1-3-5-14)16-10-17(22(25,26)27)12-19(24)11-16/h1-12H,13H2,(H3,28,29,30). The fourth-order valence-electron chi connectivity index (χ4n) is 3.48. The molecule has 1 atom stereocenters. The smallest absolute Gasteiger partial charge is 0.376 e. The second-order valence-electron chi connectivity index (χ2n) is 6.72. The van der Waals surface area contributed by atoms with E-state index in [0.717, 1.165) is 12.1 Å². The van der Waals surface area contributed by atoms with Gasteiger partial charge >= 0.3 is 6.18 Å². The Labute approximate surface area is 175 Å². The monoisotopic (exact) mass is 436 g/mol. The third kappa shape index (κ3) is 4.43. The summed E-state index contributed by atoms with van der Waals surface area (Å²) >= 11 is 4.90. The molecule has 0 aliphatic rings. The Morgan fingerprint density at radius 1 is 0.767 bits per heavy atom. The van der Waals surface area contributed by atoms with E-state index < -0.39 is 28.8 Å². The van der Waals surface area contributed by atoms with Crippen molar-refractivity contribution >= 4 is 17.3 Å². The van der Waals surface area contributed by atoms with Crippen molar-refractivity contribution in [2.24, 2.45) is 5.73 Å². The molecule has 0 fully saturated rings. The summed E-state index contributed by atoms with van der Waals surface area (Å²) in [4.78, 5) is 0. The zero-order valence-electron chi connectivity index (χ0n) is 15.5. The van der Waals surface area contributed by atoms with Gasteiger partial charge in [-0.1, -0.05) is 42.5 Å². The Morgan fingerprint density at radius 2 is 1.33 bits per heavy atom. The first-order chi connectivity index (χ1) is 14.1. The Kier molecular flexibility index (Phi) is 6.07. The van der Waals surface area contributed by atoms with Gasteiger partial charge in [-0.25, -0.2) is 8.78 Å². The molecular weight excluding hydrogens is 419 g/mol. The van der Waals surface area contributed by atoms with Crippen LogP contribution < -0.4 is 11.1 Å². The molecule has 0 spiro atoms. The molecule has 0 aromatic heterocycles. The minimum atomic E-state index is -4.75. The van der Waals surface area contributed by atoms with Crippen molar-refractivity contribution in [1.82, 2.24) is 5.32 Å². The maximum Gasteiger partial charge on any atom is 0.416 e. The summed E-state index contributed by atoms with van der Waals surface area (Å²) in [6.45, 7) is -0.0707. The second kappa shape index (κ2) is 8.39. The first kappa shape index (κ1) is 21.7. The molecule has 3 aromatic rings. The Bertz CT molecular complexity index is 1040. The summed E-state index contributed by atoms with van der Waals surface area (Å²) in [5, 5.41) is 2.71. The lowest BCUT2D eigenvalue weighted by Crippen LogP contribution is -2.44. The normalized spacial score (nSPS) is 13.5. The van der Waals surface area contributed by atoms with E-state index in [-0.39, 0.29) is 17.2 Å². The summed E-state index contributed by atoms with van der Waals surface area (Å²) in [6, 6.07) is 16.2. The second-order valence-corrected chi connectivity index (χ2v) is 7.16. The van der Waals surface area contributed by atoms with Crippen LogP contribution in [0.25, 0.3) is 0 Å². The minimum absolute atomic E-state index is 0.0244. The molecule has 0 bridgehead atoms. The van der Waals surface area contributed by atoms with Gasteiger partial charge in [-0.3, -0.25) is 0 Å². The van der Waals surface area contributed by atoms with Gasteiger partial charge in [0.15, 0.2) is 5.11 Å². The number of hydrogen-bond donors (Lipinski definition) is 2. The number of benzene rings is 3. The fourth-order valence-corrected chi connectivity index (χ4v) is 3.55. The van der Waals surface area contributed by atoms with Crippen LogP contribution in [0.5, 0.6) is 0 Å². The lowest BCUT2D eigenvalue weighted by Gasteiger charge is -2.36. The number of alkyl halides is 3. The van der Waals surface area contributed by atoms with Gasteiger partial charge in [-0.2, -0.15) is 13.2 Å². The number of nitrogens with two attached hydrogens (primary N) is 1. The number of nitrogens with one attached hydrogen (secondary N) is 1. The molecule has 0 aliphatic carbocycles. The molecule has 0 aliphatic heterocycles. The summed E-state index contributed by atoms with van der Waals surface area (Å²) in [6.07, 6.45) is -4.75. The molecule has 30 heavy (non-hydrogen) atoms. The van der Waals surface area contributed by atoms with Gasteiger partial charge in [0.05, 0.1) is 11.0 Å². The van der Waals surface area contributed by atoms with Crippen LogP contribution >= 0.6 is 12.2 Å². The lowest BCUT2D eigenvalue weighted by molar-refractivity contribution is -0.137. The zero-order chi connectivity index (χ0) is 21.9. The van der Waals surface area contributed by atoms with Gasteiger partial charge < -0.3 is 11.1 Å². The minimum Gasteiger partial charge on any atom is -0.376 e. The van der Waals surface area contributed by atoms with E-state index >= 15 is 0 Å². The Balaban J connectivity index is 2.37. The predicted molar refractivity (Wildman–Crippen MR) is 109 cm³/mol. The largest absolute Gasteiger partial charge is 0.416 e. The van der Waals surface area contributed by atoms with E-state index in [0.29, 0.717) is 17.2 Å². The SMILES string of the molecule is NC(=S)NCC(c1ccccc1)(c1ccc(F)cc1)c1cc(F)cc(C(F)(F)F)c1. The third-order valence-corrected chi connectivity index (χ3v) is 4.99. The molecule has 1 unspecified atom stereocenters. The summed E-state index contributed by atoms with van der Waals surface area (Å²) in [7, 11) is 0. The van der Waals surface area contributed by atoms with Gasteiger partial charge in [0, 0.05) is 6.54 Å². The maximum absolute atomic E-state index is 14.4. The highest BCUT2D eigenvalue weighted by Gasteiger charge is 2.39. The van der Waals surface area contributed by atoms with Crippen molar-refractivity contribution < 1.29 is 22.0 Å². The highest BCUT2D eigenvalue weighted by Crippen LogP contribution is 2.41. The fraction of sp³-hybridized carbons (Fsp3) is 0.136. The lowest BCUT2D eigenvalue weighted by atomic mass is 9.69. The van der Waals surface area contributed by atoms with Crippen molar-refractivity contribution in [1.29, 1.82) is 0 Å². The zero-order valence-corrected chi connectivity index (χ0v) is 16.3. The molecule has 0 saturated carbocycles. The first-order valence-corrected chi connectivity index (χ1v) is 9.27. The van der Waals surface area contributed by atoms with Gasteiger partial charge in [0.25, 0.3) is 0 Å². The van der Waals surface area contributed by atoms with Gasteiger partial charge in [0.1, 0.15) is 11.6 Å². The third-order valence-electron chi connectivity index (χ3n) is 4.85. The molecule has 2 nitrogen and oxygen atoms in total. The first-order valence-electron chi connectivity index (χ1n) is 8.86. The van der Waals surface area contributed by atoms with Crippen LogP contribution in [0.3, 0.4) is 0 Å². The average Bonchev–Trinajstić information content (AvgIpc) is 2.69. The van der Waals surface area contributed by atoms with E-state index in [1.807, 2.05) is 0 Å². The molecule has 0 saturated heterocycles. The number of rotatable bonds is 5. The quantitative estimate of drug-likeness (QED) is 0.330. The number of halogens is 5. The molecule has 3 aromatic carbocycles. The molecule has 3 rings (SSSR count). The topological polar surface area (TPSA) is 38.0 Å². The molecule has 3 N–H and O–H groups in total. The van der Waals surface area contributed by atoms with Crippen molar-refractivity contribution in [3.63, 3.8) is 0 Å².